The summed E-state index contributed by atoms with van der Waals surface area (Å²) in [5.74, 6) is -1.26. The number of thiazole rings is 1. The predicted octanol–water partition coefficient (Wildman–Crippen LogP) is 2.10. The molecule has 3 rings (SSSR count). The van der Waals surface area contributed by atoms with E-state index in [4.69, 9.17) is 24.7 Å². The first-order valence-corrected chi connectivity index (χ1v) is 16.4. The lowest BCUT2D eigenvalue weighted by Gasteiger charge is -2.35. The first-order chi connectivity index (χ1) is 22.0. The van der Waals surface area contributed by atoms with Gasteiger partial charge in [-0.2, -0.15) is 0 Å². The number of halogens is 2. The highest BCUT2D eigenvalue weighted by Gasteiger charge is 2.44. The van der Waals surface area contributed by atoms with E-state index in [1.165, 1.54) is 4.90 Å². The minimum absolute atomic E-state index is 0. The molecule has 0 aliphatic carbocycles. The number of rotatable bonds is 19. The van der Waals surface area contributed by atoms with Crippen LogP contribution >= 0.6 is 36.2 Å². The number of hydrogen-bond donors (Lipinski definition) is 4. The topological polar surface area (TPSA) is 175 Å². The van der Waals surface area contributed by atoms with Gasteiger partial charge >= 0.3 is 0 Å². The third-order valence-electron chi connectivity index (χ3n) is 7.32. The zero-order valence-electron chi connectivity index (χ0n) is 28.1. The van der Waals surface area contributed by atoms with Crippen molar-refractivity contribution in [3.05, 3.63) is 41.0 Å². The van der Waals surface area contributed by atoms with Gasteiger partial charge in [-0.1, -0.05) is 45.0 Å². The number of nitrogens with zero attached hydrogens (tertiary/aromatic N) is 2. The molecule has 1 aromatic carbocycles. The number of carbonyl (C=O) groups excluding carboxylic acids is 3. The molecule has 2 heterocycles. The van der Waals surface area contributed by atoms with Crippen LogP contribution < -0.4 is 16.4 Å². The summed E-state index contributed by atoms with van der Waals surface area (Å²) >= 11 is 1.58. The molecular weight excluding hydrogens is 685 g/mol. The molecule has 13 nitrogen and oxygen atoms in total. The lowest BCUT2D eigenvalue weighted by atomic mass is 9.85. The number of nitrogens with two attached hydrogens (primary N) is 1. The minimum Gasteiger partial charge on any atom is -0.391 e. The van der Waals surface area contributed by atoms with Crippen LogP contribution in [-0.2, 0) is 39.9 Å². The molecule has 1 fully saturated rings. The monoisotopic (exact) mass is 735 g/mol. The van der Waals surface area contributed by atoms with E-state index in [2.05, 4.69) is 15.6 Å². The summed E-state index contributed by atoms with van der Waals surface area (Å²) in [4.78, 5) is 46.5. The molecule has 1 aromatic heterocycles. The third kappa shape index (κ3) is 14.2. The van der Waals surface area contributed by atoms with Gasteiger partial charge in [-0.15, -0.1) is 36.2 Å². The van der Waals surface area contributed by atoms with E-state index in [9.17, 15) is 19.5 Å². The van der Waals surface area contributed by atoms with Crippen LogP contribution in [0.2, 0.25) is 0 Å². The maximum Gasteiger partial charge on any atom is 0.246 e. The molecule has 0 radical (unpaired) electrons. The van der Waals surface area contributed by atoms with Gasteiger partial charge in [0.25, 0.3) is 0 Å². The molecule has 3 atom stereocenters. The average molecular weight is 737 g/mol. The van der Waals surface area contributed by atoms with Crippen molar-refractivity contribution >= 4 is 53.9 Å². The van der Waals surface area contributed by atoms with Gasteiger partial charge < -0.3 is 45.3 Å². The fourth-order valence-corrected chi connectivity index (χ4v) is 5.70. The van der Waals surface area contributed by atoms with Crippen molar-refractivity contribution in [3.63, 3.8) is 0 Å². The Morgan fingerprint density at radius 1 is 1.00 bits per heavy atom. The SMILES string of the molecule is Cc1ncsc1-c1ccc(CNC(=O)[C@H]2C[C@H](O)CN2C(=O)[C@H](NC(=O)COCCOCCOCCOCCN)C(C)(C)C)cc1.Cl.Cl. The van der Waals surface area contributed by atoms with Crippen LogP contribution in [0.1, 0.15) is 38.4 Å². The quantitative estimate of drug-likeness (QED) is 0.157. The molecule has 2 aromatic rings. The summed E-state index contributed by atoms with van der Waals surface area (Å²) in [6, 6.07) is 6.07. The summed E-state index contributed by atoms with van der Waals surface area (Å²) in [6.07, 6.45) is -0.737. The number of carbonyl (C=O) groups is 3. The summed E-state index contributed by atoms with van der Waals surface area (Å²) in [7, 11) is 0. The lowest BCUT2D eigenvalue weighted by molar-refractivity contribution is -0.144. The second-order valence-corrected chi connectivity index (χ2v) is 13.0. The summed E-state index contributed by atoms with van der Waals surface area (Å²) < 4.78 is 21.5. The number of amides is 3. The maximum atomic E-state index is 13.7. The average Bonchev–Trinajstić information content (AvgIpc) is 3.63. The number of aromatic nitrogens is 1. The number of likely N-dealkylation sites (tertiary alicyclic amines) is 1. The largest absolute Gasteiger partial charge is 0.391 e. The van der Waals surface area contributed by atoms with E-state index in [0.717, 1.165) is 21.7 Å². The van der Waals surface area contributed by atoms with Gasteiger partial charge in [0, 0.05) is 26.1 Å². The molecule has 1 aliphatic rings. The van der Waals surface area contributed by atoms with E-state index in [1.54, 1.807) is 11.3 Å². The Hall–Kier alpha value is -2.40. The van der Waals surface area contributed by atoms with E-state index >= 15 is 0 Å². The molecule has 3 amide bonds. The van der Waals surface area contributed by atoms with E-state index in [1.807, 2.05) is 57.5 Å². The Morgan fingerprint density at radius 3 is 2.12 bits per heavy atom. The smallest absolute Gasteiger partial charge is 0.246 e. The molecule has 0 saturated carbocycles. The van der Waals surface area contributed by atoms with Crippen molar-refractivity contribution in [1.29, 1.82) is 0 Å². The lowest BCUT2D eigenvalue weighted by Crippen LogP contribution is -2.58. The fourth-order valence-electron chi connectivity index (χ4n) is 4.89. The van der Waals surface area contributed by atoms with Gasteiger partial charge in [0.15, 0.2) is 0 Å². The van der Waals surface area contributed by atoms with Crippen molar-refractivity contribution in [2.75, 3.05) is 65.9 Å². The highest BCUT2D eigenvalue weighted by atomic mass is 35.5. The van der Waals surface area contributed by atoms with Gasteiger partial charge in [-0.3, -0.25) is 14.4 Å². The molecule has 16 heteroatoms. The fraction of sp³-hybridized carbons (Fsp3) is 0.625. The Labute approximate surface area is 299 Å². The number of aryl methyl sites for hydroxylation is 1. The van der Waals surface area contributed by atoms with Gasteiger partial charge in [0.2, 0.25) is 17.7 Å². The third-order valence-corrected chi connectivity index (χ3v) is 8.30. The number of ether oxygens (including phenoxy) is 4. The van der Waals surface area contributed by atoms with Crippen LogP contribution in [0.3, 0.4) is 0 Å². The standard InChI is InChI=1S/C32H49N5O8S.2ClH/c1-22-28(46-21-35-22)24-7-5-23(6-8-24)18-34-30(40)26-17-25(38)19-37(26)31(41)29(32(2,3)4)36-27(39)20-45-16-15-44-14-13-43-12-11-42-10-9-33;;/h5-8,21,25-26,29,38H,9-20,33H2,1-4H3,(H,34,40)(H,36,39);2*1H/t25-,26+,29-;;/m0../s1. The summed E-state index contributed by atoms with van der Waals surface area (Å²) in [6.45, 7) is 10.6. The van der Waals surface area contributed by atoms with Crippen LogP contribution in [0.25, 0.3) is 10.4 Å². The molecule has 1 aliphatic heterocycles. The van der Waals surface area contributed by atoms with Crippen LogP contribution in [0.5, 0.6) is 0 Å². The van der Waals surface area contributed by atoms with Crippen LogP contribution in [0.15, 0.2) is 29.8 Å². The Bertz CT molecular complexity index is 1250. The molecule has 0 unspecified atom stereocenters. The first-order valence-electron chi connectivity index (χ1n) is 15.6. The van der Waals surface area contributed by atoms with Gasteiger partial charge in [-0.25, -0.2) is 4.98 Å². The number of benzene rings is 1. The Morgan fingerprint density at radius 2 is 1.58 bits per heavy atom. The number of aliphatic hydroxyl groups excluding tert-OH is 1. The number of hydrogen-bond acceptors (Lipinski definition) is 11. The number of β-amino-alcohol motifs (C(OH)–C–C–N with tert-alkyl or cyclic N) is 1. The zero-order valence-corrected chi connectivity index (χ0v) is 30.6. The Balaban J connectivity index is 0.00000576. The normalized spacial score (nSPS) is 16.5. The molecule has 0 spiro atoms. The van der Waals surface area contributed by atoms with Crippen molar-refractivity contribution < 1.29 is 38.4 Å². The number of nitrogens with one attached hydrogen (secondary N) is 2. The molecular formula is C32H51Cl2N5O8S. The molecule has 0 bridgehead atoms. The van der Waals surface area contributed by atoms with Crippen molar-refractivity contribution in [3.8, 4) is 10.4 Å². The Kier molecular flexibility index (Phi) is 20.3. The second kappa shape index (κ2) is 22.3. The summed E-state index contributed by atoms with van der Waals surface area (Å²) in [5, 5.41) is 16.1. The van der Waals surface area contributed by atoms with Crippen LogP contribution in [0.4, 0.5) is 0 Å². The highest BCUT2D eigenvalue weighted by molar-refractivity contribution is 7.13. The van der Waals surface area contributed by atoms with Gasteiger partial charge in [-0.05, 0) is 23.5 Å². The first kappa shape index (κ1) is 43.6. The predicted molar refractivity (Wildman–Crippen MR) is 188 cm³/mol. The van der Waals surface area contributed by atoms with Gasteiger partial charge in [0.05, 0.1) is 68.4 Å². The molecule has 48 heavy (non-hydrogen) atoms. The van der Waals surface area contributed by atoms with Gasteiger partial charge in [0.1, 0.15) is 18.7 Å². The van der Waals surface area contributed by atoms with Crippen molar-refractivity contribution in [2.24, 2.45) is 11.1 Å². The second-order valence-electron chi connectivity index (χ2n) is 12.1. The highest BCUT2D eigenvalue weighted by Crippen LogP contribution is 2.28. The van der Waals surface area contributed by atoms with Crippen molar-refractivity contribution in [1.82, 2.24) is 20.5 Å². The number of aliphatic hydroxyl groups is 1. The minimum atomic E-state index is -0.936. The van der Waals surface area contributed by atoms with E-state index < -0.39 is 35.4 Å². The zero-order chi connectivity index (χ0) is 33.5. The van der Waals surface area contributed by atoms with Crippen LogP contribution in [-0.4, -0.2) is 117 Å². The van der Waals surface area contributed by atoms with E-state index in [-0.39, 0.29) is 70.1 Å². The molecule has 272 valence electrons. The van der Waals surface area contributed by atoms with E-state index in [0.29, 0.717) is 39.6 Å². The summed E-state index contributed by atoms with van der Waals surface area (Å²) in [5.41, 5.74) is 9.42. The van der Waals surface area contributed by atoms with Crippen molar-refractivity contribution in [2.45, 2.75) is 58.8 Å². The molecule has 1 saturated heterocycles. The van der Waals surface area contributed by atoms with Crippen LogP contribution in [0, 0.1) is 12.3 Å². The maximum absolute atomic E-state index is 13.7. The molecule has 5 N–H and O–H groups in total.